The maximum absolute atomic E-state index is 12.9. The van der Waals surface area contributed by atoms with Crippen LogP contribution >= 0.6 is 0 Å². The lowest BCUT2D eigenvalue weighted by atomic mass is 10.00. The van der Waals surface area contributed by atoms with Gasteiger partial charge in [0.25, 0.3) is 5.91 Å². The number of benzene rings is 1. The molecule has 36 heavy (non-hydrogen) atoms. The molecule has 0 unspecified atom stereocenters. The molecule has 1 aliphatic heterocycles. The Hall–Kier alpha value is -3.46. The van der Waals surface area contributed by atoms with E-state index < -0.39 is 11.9 Å². The highest BCUT2D eigenvalue weighted by molar-refractivity contribution is 6.27. The second-order valence-corrected chi connectivity index (χ2v) is 8.13. The van der Waals surface area contributed by atoms with E-state index in [1.165, 1.54) is 31.5 Å². The number of para-hydroxylation sites is 1. The third-order valence-corrected chi connectivity index (χ3v) is 5.13. The standard InChI is InChI=1S/C19H22N2O2.C6H15N.C2H2O4/c1-2-3-13-23-17-10-4-7-15-9-6-12-21(18(15)17)19(22)16-8-5-11-20-14-16;1-3-5-7-6-4-2;3-1(4)2(5)6/h4-5,7-8,10-11,14H,2-3,6,9,12-13H2,1H3;7H,3-6H2,1-2H3;(H,3,4)(H,5,6). The summed E-state index contributed by atoms with van der Waals surface area (Å²) in [6.45, 7) is 10.3. The zero-order chi connectivity index (χ0) is 26.8. The van der Waals surface area contributed by atoms with Crippen molar-refractivity contribution in [2.45, 2.75) is 59.3 Å². The average molecular weight is 502 g/mol. The number of nitrogens with one attached hydrogen (secondary N) is 1. The van der Waals surface area contributed by atoms with Crippen molar-refractivity contribution < 1.29 is 29.3 Å². The second kappa shape index (κ2) is 17.9. The Kier molecular flexibility index (Phi) is 15.2. The Morgan fingerprint density at radius 2 is 1.69 bits per heavy atom. The number of unbranched alkanes of at least 4 members (excludes halogenated alkanes) is 1. The Morgan fingerprint density at radius 1 is 1.00 bits per heavy atom. The van der Waals surface area contributed by atoms with Crippen LogP contribution in [0.4, 0.5) is 5.69 Å². The first-order valence-electron chi connectivity index (χ1n) is 12.5. The van der Waals surface area contributed by atoms with E-state index in [-0.39, 0.29) is 5.91 Å². The molecule has 2 heterocycles. The van der Waals surface area contributed by atoms with Crippen LogP contribution in [-0.4, -0.2) is 59.3 Å². The summed E-state index contributed by atoms with van der Waals surface area (Å²) in [5, 5.41) is 18.1. The number of ether oxygens (including phenoxy) is 1. The number of anilines is 1. The van der Waals surface area contributed by atoms with E-state index in [4.69, 9.17) is 24.5 Å². The smallest absolute Gasteiger partial charge is 0.414 e. The molecule has 0 aliphatic carbocycles. The summed E-state index contributed by atoms with van der Waals surface area (Å²) in [7, 11) is 0. The molecular weight excluding hydrogens is 462 g/mol. The highest BCUT2D eigenvalue weighted by Crippen LogP contribution is 2.37. The third kappa shape index (κ3) is 10.9. The van der Waals surface area contributed by atoms with Gasteiger partial charge in [-0.05, 0) is 69.0 Å². The quantitative estimate of drug-likeness (QED) is 0.340. The van der Waals surface area contributed by atoms with Gasteiger partial charge in [0.1, 0.15) is 5.75 Å². The molecule has 0 radical (unpaired) electrons. The molecule has 1 aromatic heterocycles. The van der Waals surface area contributed by atoms with Gasteiger partial charge >= 0.3 is 11.9 Å². The molecule has 0 bridgehead atoms. The predicted molar refractivity (Wildman–Crippen MR) is 140 cm³/mol. The largest absolute Gasteiger partial charge is 0.491 e. The molecule has 0 spiro atoms. The van der Waals surface area contributed by atoms with Crippen molar-refractivity contribution in [3.8, 4) is 5.75 Å². The molecule has 1 aliphatic rings. The lowest BCUT2D eigenvalue weighted by molar-refractivity contribution is -0.159. The van der Waals surface area contributed by atoms with E-state index in [1.807, 2.05) is 23.1 Å². The predicted octanol–water partition coefficient (Wildman–Crippen LogP) is 4.41. The summed E-state index contributed by atoms with van der Waals surface area (Å²) in [6, 6.07) is 9.66. The summed E-state index contributed by atoms with van der Waals surface area (Å²) in [5.74, 6) is -2.84. The van der Waals surface area contributed by atoms with Gasteiger partial charge in [-0.3, -0.25) is 9.78 Å². The lowest BCUT2D eigenvalue weighted by Gasteiger charge is -2.31. The van der Waals surface area contributed by atoms with Gasteiger partial charge in [0.2, 0.25) is 0 Å². The van der Waals surface area contributed by atoms with Gasteiger partial charge in [0.05, 0.1) is 17.9 Å². The minimum Gasteiger partial charge on any atom is -0.491 e. The first-order chi connectivity index (χ1) is 17.4. The van der Waals surface area contributed by atoms with Gasteiger partial charge in [0.15, 0.2) is 0 Å². The van der Waals surface area contributed by atoms with Crippen molar-refractivity contribution in [1.29, 1.82) is 0 Å². The molecular formula is C27H39N3O6. The van der Waals surface area contributed by atoms with Gasteiger partial charge < -0.3 is 25.2 Å². The summed E-state index contributed by atoms with van der Waals surface area (Å²) < 4.78 is 5.95. The van der Waals surface area contributed by atoms with Crippen molar-refractivity contribution in [3.05, 3.63) is 53.9 Å². The van der Waals surface area contributed by atoms with Gasteiger partial charge in [0, 0.05) is 18.9 Å². The minimum atomic E-state index is -1.82. The van der Waals surface area contributed by atoms with E-state index in [1.54, 1.807) is 18.5 Å². The van der Waals surface area contributed by atoms with E-state index in [0.717, 1.165) is 43.7 Å². The number of aromatic nitrogens is 1. The van der Waals surface area contributed by atoms with E-state index in [0.29, 0.717) is 12.2 Å². The van der Waals surface area contributed by atoms with Crippen LogP contribution in [0.15, 0.2) is 42.7 Å². The number of carboxylic acid groups (broad SMARTS) is 2. The van der Waals surface area contributed by atoms with Crippen molar-refractivity contribution in [2.75, 3.05) is 31.1 Å². The monoisotopic (exact) mass is 501 g/mol. The zero-order valence-corrected chi connectivity index (χ0v) is 21.5. The molecule has 3 rings (SSSR count). The van der Waals surface area contributed by atoms with Crippen LogP contribution in [0.3, 0.4) is 0 Å². The van der Waals surface area contributed by atoms with Crippen LogP contribution in [-0.2, 0) is 16.0 Å². The average Bonchev–Trinajstić information content (AvgIpc) is 2.89. The van der Waals surface area contributed by atoms with Crippen molar-refractivity contribution in [3.63, 3.8) is 0 Å². The number of aliphatic carboxylic acids is 2. The summed E-state index contributed by atoms with van der Waals surface area (Å²) in [4.78, 5) is 37.0. The molecule has 3 N–H and O–H groups in total. The highest BCUT2D eigenvalue weighted by Gasteiger charge is 2.27. The molecule has 1 aromatic carbocycles. The van der Waals surface area contributed by atoms with Crippen LogP contribution in [0, 0.1) is 0 Å². The van der Waals surface area contributed by atoms with Crippen LogP contribution in [0.1, 0.15) is 68.8 Å². The van der Waals surface area contributed by atoms with Gasteiger partial charge in [-0.2, -0.15) is 0 Å². The number of rotatable bonds is 9. The number of amides is 1. The first kappa shape index (κ1) is 30.6. The number of hydrogen-bond acceptors (Lipinski definition) is 6. The summed E-state index contributed by atoms with van der Waals surface area (Å²) in [6.07, 6.45) is 9.86. The second-order valence-electron chi connectivity index (χ2n) is 8.13. The molecule has 2 aromatic rings. The fraction of sp³-hybridized carbons (Fsp3) is 0.481. The number of carbonyl (C=O) groups is 3. The summed E-state index contributed by atoms with van der Waals surface area (Å²) >= 11 is 0. The summed E-state index contributed by atoms with van der Waals surface area (Å²) in [5.41, 5.74) is 2.73. The molecule has 9 nitrogen and oxygen atoms in total. The van der Waals surface area contributed by atoms with Crippen LogP contribution in [0.2, 0.25) is 0 Å². The number of carboxylic acids is 2. The molecule has 9 heteroatoms. The highest BCUT2D eigenvalue weighted by atomic mass is 16.5. The van der Waals surface area contributed by atoms with Gasteiger partial charge in [-0.15, -0.1) is 0 Å². The minimum absolute atomic E-state index is 0.00871. The van der Waals surface area contributed by atoms with Crippen molar-refractivity contribution in [2.24, 2.45) is 0 Å². The number of aryl methyl sites for hydroxylation is 1. The molecule has 1 amide bonds. The topological polar surface area (TPSA) is 129 Å². The Bertz CT molecular complexity index is 920. The van der Waals surface area contributed by atoms with Gasteiger partial charge in [-0.25, -0.2) is 9.59 Å². The number of carbonyl (C=O) groups excluding carboxylic acids is 1. The SMILES string of the molecule is CCCCOc1cccc2c1N(C(=O)c1cccnc1)CCC2.CCCNCCC.O=C(O)C(=O)O. The van der Waals surface area contributed by atoms with Crippen molar-refractivity contribution >= 4 is 23.5 Å². The first-order valence-corrected chi connectivity index (χ1v) is 12.5. The Morgan fingerprint density at radius 3 is 2.25 bits per heavy atom. The maximum atomic E-state index is 12.9. The van der Waals surface area contributed by atoms with E-state index in [9.17, 15) is 4.79 Å². The number of pyridine rings is 1. The lowest BCUT2D eigenvalue weighted by Crippen LogP contribution is -2.36. The molecule has 0 saturated carbocycles. The fourth-order valence-electron chi connectivity index (χ4n) is 3.38. The zero-order valence-electron chi connectivity index (χ0n) is 21.5. The molecule has 198 valence electrons. The van der Waals surface area contributed by atoms with Gasteiger partial charge in [-0.1, -0.05) is 39.3 Å². The number of hydrogen-bond donors (Lipinski definition) is 3. The molecule has 0 fully saturated rings. The number of fused-ring (bicyclic) bond motifs is 1. The fourth-order valence-corrected chi connectivity index (χ4v) is 3.38. The third-order valence-electron chi connectivity index (χ3n) is 5.13. The van der Waals surface area contributed by atoms with Crippen LogP contribution in [0.25, 0.3) is 0 Å². The normalized spacial score (nSPS) is 11.7. The van der Waals surface area contributed by atoms with E-state index >= 15 is 0 Å². The van der Waals surface area contributed by atoms with E-state index in [2.05, 4.69) is 37.1 Å². The maximum Gasteiger partial charge on any atom is 0.414 e. The molecule has 0 atom stereocenters. The Labute approximate surface area is 213 Å². The van der Waals surface area contributed by atoms with Crippen molar-refractivity contribution in [1.82, 2.24) is 10.3 Å². The van der Waals surface area contributed by atoms with Crippen LogP contribution in [0.5, 0.6) is 5.75 Å². The Balaban J connectivity index is 0.000000413. The number of nitrogens with zero attached hydrogens (tertiary/aromatic N) is 2. The molecule has 0 saturated heterocycles. The van der Waals surface area contributed by atoms with Crippen LogP contribution < -0.4 is 15.0 Å².